The van der Waals surface area contributed by atoms with Crippen LogP contribution in [-0.4, -0.2) is 47.7 Å². The van der Waals surface area contributed by atoms with Gasteiger partial charge in [0.25, 0.3) is 17.1 Å². The van der Waals surface area contributed by atoms with Crippen molar-refractivity contribution < 1.29 is 28.7 Å². The third kappa shape index (κ3) is 5.52. The molecule has 1 fully saturated rings. The maximum Gasteiger partial charge on any atom is 0.328 e. The number of rotatable bonds is 7. The molecule has 1 aliphatic rings. The first-order chi connectivity index (χ1) is 14.9. The Morgan fingerprint density at radius 1 is 1.10 bits per heavy atom. The van der Waals surface area contributed by atoms with E-state index in [4.69, 9.17) is 4.74 Å². The Kier molecular flexibility index (Phi) is 7.09. The van der Waals surface area contributed by atoms with Crippen LogP contribution in [0.5, 0.6) is 5.75 Å². The Labute approximate surface area is 183 Å². The summed E-state index contributed by atoms with van der Waals surface area (Å²) in [7, 11) is 1.20. The van der Waals surface area contributed by atoms with E-state index < -0.39 is 23.2 Å². The number of hydrogen-bond acceptors (Lipinski definition) is 7. The molecule has 1 N–H and O–H groups in total. The summed E-state index contributed by atoms with van der Waals surface area (Å²) < 4.78 is 10.1. The van der Waals surface area contributed by atoms with E-state index in [2.05, 4.69) is 10.1 Å². The van der Waals surface area contributed by atoms with Crippen molar-refractivity contribution in [3.63, 3.8) is 0 Å². The van der Waals surface area contributed by atoms with Crippen LogP contribution in [0, 0.1) is 0 Å². The molecule has 8 nitrogen and oxygen atoms in total. The average molecular weight is 440 g/mol. The first-order valence-corrected chi connectivity index (χ1v) is 10.1. The number of nitrogens with zero attached hydrogens (tertiary/aromatic N) is 1. The number of hydrogen-bond donors (Lipinski definition) is 1. The van der Waals surface area contributed by atoms with Gasteiger partial charge in [-0.2, -0.15) is 0 Å². The first-order valence-electron chi connectivity index (χ1n) is 9.31. The van der Waals surface area contributed by atoms with Gasteiger partial charge < -0.3 is 14.8 Å². The topological polar surface area (TPSA) is 102 Å². The Balaban J connectivity index is 1.59. The van der Waals surface area contributed by atoms with Gasteiger partial charge in [-0.15, -0.1) is 0 Å². The number of esters is 1. The van der Waals surface area contributed by atoms with E-state index >= 15 is 0 Å². The molecule has 31 heavy (non-hydrogen) atoms. The van der Waals surface area contributed by atoms with Crippen molar-refractivity contribution in [3.8, 4) is 5.75 Å². The normalized spacial score (nSPS) is 15.7. The minimum Gasteiger partial charge on any atom is -0.484 e. The second-order valence-corrected chi connectivity index (χ2v) is 7.52. The summed E-state index contributed by atoms with van der Waals surface area (Å²) in [4.78, 5) is 49.4. The van der Waals surface area contributed by atoms with Gasteiger partial charge in [0.15, 0.2) is 6.61 Å². The lowest BCUT2D eigenvalue weighted by atomic mass is 10.2. The standard InChI is InChI=1S/C22H20N2O6S/c1-14(21(27)29-2)24-20(26)18(31-22(24)28)12-15-8-10-17(11-9-15)30-13-19(25)23-16-6-4-3-5-7-16/h3-12,14H,13H2,1-2H3,(H,23,25)/b18-12+/t14-/m0/s1. The third-order valence-electron chi connectivity index (χ3n) is 4.36. The number of ether oxygens (including phenoxy) is 2. The zero-order chi connectivity index (χ0) is 22.4. The summed E-state index contributed by atoms with van der Waals surface area (Å²) in [6.07, 6.45) is 1.56. The number of methoxy groups -OCH3 is 1. The number of benzene rings is 2. The lowest BCUT2D eigenvalue weighted by Gasteiger charge is -2.18. The van der Waals surface area contributed by atoms with Crippen molar-refractivity contribution in [1.82, 2.24) is 4.90 Å². The predicted octanol–water partition coefficient (Wildman–Crippen LogP) is 3.30. The lowest BCUT2D eigenvalue weighted by Crippen LogP contribution is -2.42. The molecule has 0 aliphatic carbocycles. The number of carbonyl (C=O) groups excluding carboxylic acids is 4. The highest BCUT2D eigenvalue weighted by atomic mass is 32.2. The molecule has 1 aliphatic heterocycles. The molecule has 1 heterocycles. The summed E-state index contributed by atoms with van der Waals surface area (Å²) in [6.45, 7) is 1.28. The molecule has 1 saturated heterocycles. The van der Waals surface area contributed by atoms with E-state index in [1.54, 1.807) is 42.5 Å². The Bertz CT molecular complexity index is 1020. The summed E-state index contributed by atoms with van der Waals surface area (Å²) in [5.74, 6) is -1.02. The van der Waals surface area contributed by atoms with Crippen LogP contribution in [0.1, 0.15) is 12.5 Å². The zero-order valence-electron chi connectivity index (χ0n) is 16.9. The number of carbonyl (C=O) groups is 4. The van der Waals surface area contributed by atoms with Crippen LogP contribution in [0.4, 0.5) is 10.5 Å². The Morgan fingerprint density at radius 2 is 1.77 bits per heavy atom. The summed E-state index contributed by atoms with van der Waals surface area (Å²) in [5.41, 5.74) is 1.35. The highest BCUT2D eigenvalue weighted by Gasteiger charge is 2.41. The van der Waals surface area contributed by atoms with Crippen molar-refractivity contribution in [1.29, 1.82) is 0 Å². The zero-order valence-corrected chi connectivity index (χ0v) is 17.7. The molecule has 2 aromatic carbocycles. The van der Waals surface area contributed by atoms with Crippen LogP contribution in [0.2, 0.25) is 0 Å². The fraction of sp³-hybridized carbons (Fsp3) is 0.182. The highest BCUT2D eigenvalue weighted by Crippen LogP contribution is 2.34. The van der Waals surface area contributed by atoms with E-state index in [0.29, 0.717) is 17.0 Å². The van der Waals surface area contributed by atoms with Gasteiger partial charge in [-0.05, 0) is 54.6 Å². The maximum absolute atomic E-state index is 12.5. The molecule has 2 aromatic rings. The maximum atomic E-state index is 12.5. The van der Waals surface area contributed by atoms with Gasteiger partial charge in [-0.3, -0.25) is 19.3 Å². The molecule has 1 atom stereocenters. The Morgan fingerprint density at radius 3 is 2.42 bits per heavy atom. The number of thioether (sulfide) groups is 1. The number of anilines is 1. The second-order valence-electron chi connectivity index (χ2n) is 6.52. The smallest absolute Gasteiger partial charge is 0.328 e. The number of amides is 3. The van der Waals surface area contributed by atoms with E-state index in [1.165, 1.54) is 14.0 Å². The van der Waals surface area contributed by atoms with Crippen molar-refractivity contribution in [3.05, 3.63) is 65.1 Å². The largest absolute Gasteiger partial charge is 0.484 e. The van der Waals surface area contributed by atoms with Gasteiger partial charge in [-0.1, -0.05) is 30.3 Å². The van der Waals surface area contributed by atoms with Crippen molar-refractivity contribution >= 4 is 46.5 Å². The quantitative estimate of drug-likeness (QED) is 0.521. The van der Waals surface area contributed by atoms with Crippen molar-refractivity contribution in [2.75, 3.05) is 19.0 Å². The van der Waals surface area contributed by atoms with Crippen molar-refractivity contribution in [2.45, 2.75) is 13.0 Å². The first kappa shape index (κ1) is 22.1. The molecule has 3 rings (SSSR count). The summed E-state index contributed by atoms with van der Waals surface area (Å²) >= 11 is 0.759. The van der Waals surface area contributed by atoms with Crippen LogP contribution in [-0.2, 0) is 19.1 Å². The summed E-state index contributed by atoms with van der Waals surface area (Å²) in [5, 5.41) is 2.19. The van der Waals surface area contributed by atoms with Gasteiger partial charge in [0.1, 0.15) is 11.8 Å². The summed E-state index contributed by atoms with van der Waals surface area (Å²) in [6, 6.07) is 14.8. The number of nitrogens with one attached hydrogen (secondary N) is 1. The van der Waals surface area contributed by atoms with E-state index in [9.17, 15) is 19.2 Å². The highest BCUT2D eigenvalue weighted by molar-refractivity contribution is 8.18. The van der Waals surface area contributed by atoms with E-state index in [0.717, 1.165) is 16.7 Å². The molecule has 0 spiro atoms. The molecule has 0 aromatic heterocycles. The average Bonchev–Trinajstić information content (AvgIpc) is 3.05. The van der Waals surface area contributed by atoms with Crippen LogP contribution in [0.3, 0.4) is 0 Å². The molecular formula is C22H20N2O6S. The molecule has 9 heteroatoms. The van der Waals surface area contributed by atoms with Gasteiger partial charge in [0, 0.05) is 5.69 Å². The lowest BCUT2D eigenvalue weighted by molar-refractivity contribution is -0.148. The van der Waals surface area contributed by atoms with E-state index in [-0.39, 0.29) is 17.4 Å². The molecule has 0 bridgehead atoms. The van der Waals surface area contributed by atoms with Crippen LogP contribution < -0.4 is 10.1 Å². The van der Waals surface area contributed by atoms with Crippen LogP contribution in [0.15, 0.2) is 59.5 Å². The van der Waals surface area contributed by atoms with E-state index in [1.807, 2.05) is 18.2 Å². The van der Waals surface area contributed by atoms with Crippen molar-refractivity contribution in [2.24, 2.45) is 0 Å². The Hall–Kier alpha value is -3.59. The fourth-order valence-electron chi connectivity index (χ4n) is 2.77. The third-order valence-corrected chi connectivity index (χ3v) is 5.24. The number of para-hydroxylation sites is 1. The fourth-order valence-corrected chi connectivity index (χ4v) is 3.68. The van der Waals surface area contributed by atoms with Gasteiger partial charge in [0.05, 0.1) is 12.0 Å². The SMILES string of the molecule is COC(=O)[C@H](C)N1C(=O)S/C(=C/c2ccc(OCC(=O)Nc3ccccc3)cc2)C1=O. The van der Waals surface area contributed by atoms with Gasteiger partial charge >= 0.3 is 5.97 Å². The molecular weight excluding hydrogens is 420 g/mol. The van der Waals surface area contributed by atoms with Crippen LogP contribution >= 0.6 is 11.8 Å². The predicted molar refractivity (Wildman–Crippen MR) is 116 cm³/mol. The molecule has 0 radical (unpaired) electrons. The number of imide groups is 1. The molecule has 160 valence electrons. The molecule has 3 amide bonds. The second kappa shape index (κ2) is 9.94. The minimum atomic E-state index is -0.999. The monoisotopic (exact) mass is 440 g/mol. The van der Waals surface area contributed by atoms with Crippen LogP contribution in [0.25, 0.3) is 6.08 Å². The molecule has 0 unspecified atom stereocenters. The molecule has 0 saturated carbocycles. The van der Waals surface area contributed by atoms with Gasteiger partial charge in [0.2, 0.25) is 0 Å². The van der Waals surface area contributed by atoms with Gasteiger partial charge in [-0.25, -0.2) is 4.79 Å². The minimum absolute atomic E-state index is 0.154.